The van der Waals surface area contributed by atoms with Crippen LogP contribution in [0.2, 0.25) is 0 Å². The van der Waals surface area contributed by atoms with Crippen molar-refractivity contribution in [3.8, 4) is 11.5 Å². The van der Waals surface area contributed by atoms with Crippen molar-refractivity contribution in [3.63, 3.8) is 0 Å². The summed E-state index contributed by atoms with van der Waals surface area (Å²) in [6, 6.07) is 14.5. The third kappa shape index (κ3) is 4.03. The Hall–Kier alpha value is -4.27. The lowest BCUT2D eigenvalue weighted by Gasteiger charge is -2.09. The fourth-order valence-electron chi connectivity index (χ4n) is 2.70. The van der Waals surface area contributed by atoms with Gasteiger partial charge in [0.1, 0.15) is 11.5 Å². The average molecular weight is 389 g/mol. The molecule has 0 aliphatic heterocycles. The van der Waals surface area contributed by atoms with Gasteiger partial charge in [0.15, 0.2) is 11.3 Å². The van der Waals surface area contributed by atoms with Crippen LogP contribution in [0.15, 0.2) is 67.0 Å². The standard InChI is InChI=1S/C20H15N5O4/c1-13-3-5-16(6-4-13)29-17-10-14(9-15(11-17)25(27)28)22-20(26)18-12-19-21-7-2-8-24(19)23-18/h2-12H,1H3,(H,22,26). The molecule has 29 heavy (non-hydrogen) atoms. The molecular weight excluding hydrogens is 374 g/mol. The van der Waals surface area contributed by atoms with Crippen LogP contribution in [0.4, 0.5) is 11.4 Å². The molecule has 0 radical (unpaired) electrons. The molecule has 4 aromatic rings. The zero-order valence-electron chi connectivity index (χ0n) is 15.3. The number of nitrogens with zero attached hydrogens (tertiary/aromatic N) is 4. The van der Waals surface area contributed by atoms with Crippen LogP contribution < -0.4 is 10.1 Å². The molecule has 9 heteroatoms. The van der Waals surface area contributed by atoms with Gasteiger partial charge >= 0.3 is 0 Å². The van der Waals surface area contributed by atoms with Crippen LogP contribution in [0.25, 0.3) is 5.65 Å². The van der Waals surface area contributed by atoms with Gasteiger partial charge in [-0.25, -0.2) is 9.50 Å². The summed E-state index contributed by atoms with van der Waals surface area (Å²) in [7, 11) is 0. The molecule has 0 bridgehead atoms. The number of aryl methyl sites for hydroxylation is 1. The lowest BCUT2D eigenvalue weighted by Crippen LogP contribution is -2.13. The molecule has 0 unspecified atom stereocenters. The molecule has 0 saturated heterocycles. The molecule has 9 nitrogen and oxygen atoms in total. The second-order valence-electron chi connectivity index (χ2n) is 6.29. The summed E-state index contributed by atoms with van der Waals surface area (Å²) in [5.74, 6) is 0.243. The van der Waals surface area contributed by atoms with Crippen LogP contribution in [0.3, 0.4) is 0 Å². The van der Waals surface area contributed by atoms with Gasteiger partial charge in [0.2, 0.25) is 0 Å². The fourth-order valence-corrected chi connectivity index (χ4v) is 2.70. The molecule has 0 fully saturated rings. The SMILES string of the molecule is Cc1ccc(Oc2cc(NC(=O)c3cc4ncccn4n3)cc([N+](=O)[O-])c2)cc1. The van der Waals surface area contributed by atoms with Crippen LogP contribution in [0.5, 0.6) is 11.5 Å². The van der Waals surface area contributed by atoms with Gasteiger partial charge in [-0.15, -0.1) is 0 Å². The van der Waals surface area contributed by atoms with E-state index in [1.54, 1.807) is 30.6 Å². The van der Waals surface area contributed by atoms with E-state index in [9.17, 15) is 14.9 Å². The van der Waals surface area contributed by atoms with Crippen LogP contribution in [-0.2, 0) is 0 Å². The lowest BCUT2D eigenvalue weighted by atomic mass is 10.2. The molecule has 0 saturated carbocycles. The number of ether oxygens (including phenoxy) is 1. The largest absolute Gasteiger partial charge is 0.457 e. The van der Waals surface area contributed by atoms with Gasteiger partial charge in [0.25, 0.3) is 11.6 Å². The number of anilines is 1. The molecule has 2 heterocycles. The quantitative estimate of drug-likeness (QED) is 0.408. The van der Waals surface area contributed by atoms with Crippen molar-refractivity contribution in [1.82, 2.24) is 14.6 Å². The number of carbonyl (C=O) groups excluding carboxylic acids is 1. The van der Waals surface area contributed by atoms with E-state index < -0.39 is 10.8 Å². The first-order valence-corrected chi connectivity index (χ1v) is 8.64. The smallest absolute Gasteiger partial charge is 0.276 e. The Kier molecular flexibility index (Phi) is 4.62. The van der Waals surface area contributed by atoms with Crippen LogP contribution in [-0.4, -0.2) is 25.4 Å². The summed E-state index contributed by atoms with van der Waals surface area (Å²) in [6.45, 7) is 1.94. The van der Waals surface area contributed by atoms with Crippen molar-refractivity contribution in [2.45, 2.75) is 6.92 Å². The van der Waals surface area contributed by atoms with Crippen molar-refractivity contribution in [1.29, 1.82) is 0 Å². The predicted octanol–water partition coefficient (Wildman–Crippen LogP) is 3.99. The van der Waals surface area contributed by atoms with E-state index in [1.807, 2.05) is 19.1 Å². The number of nitro groups is 1. The van der Waals surface area contributed by atoms with Crippen molar-refractivity contribution in [3.05, 3.63) is 88.4 Å². The highest BCUT2D eigenvalue weighted by Gasteiger charge is 2.16. The highest BCUT2D eigenvalue weighted by Crippen LogP contribution is 2.30. The number of non-ortho nitro benzene ring substituents is 1. The van der Waals surface area contributed by atoms with Gasteiger partial charge < -0.3 is 10.1 Å². The topological polar surface area (TPSA) is 112 Å². The molecule has 2 aromatic carbocycles. The highest BCUT2D eigenvalue weighted by atomic mass is 16.6. The zero-order chi connectivity index (χ0) is 20.4. The molecule has 1 N–H and O–H groups in total. The molecule has 4 rings (SSSR count). The van der Waals surface area contributed by atoms with E-state index in [4.69, 9.17) is 4.74 Å². The van der Waals surface area contributed by atoms with Gasteiger partial charge in [0.05, 0.1) is 16.7 Å². The third-order valence-electron chi connectivity index (χ3n) is 4.09. The number of amides is 1. The van der Waals surface area contributed by atoms with Gasteiger partial charge in [-0.2, -0.15) is 5.10 Å². The Balaban J connectivity index is 1.61. The number of benzene rings is 2. The maximum Gasteiger partial charge on any atom is 0.276 e. The summed E-state index contributed by atoms with van der Waals surface area (Å²) in [6.07, 6.45) is 3.26. The minimum atomic E-state index is -0.549. The summed E-state index contributed by atoms with van der Waals surface area (Å²) in [5, 5.41) is 18.1. The third-order valence-corrected chi connectivity index (χ3v) is 4.09. The average Bonchev–Trinajstić information content (AvgIpc) is 3.14. The Morgan fingerprint density at radius 2 is 1.93 bits per heavy atom. The Bertz CT molecular complexity index is 1180. The summed E-state index contributed by atoms with van der Waals surface area (Å²) >= 11 is 0. The van der Waals surface area contributed by atoms with Crippen LogP contribution in [0, 0.1) is 17.0 Å². The summed E-state index contributed by atoms with van der Waals surface area (Å²) < 4.78 is 7.18. The number of fused-ring (bicyclic) bond motifs is 1. The molecule has 0 atom stereocenters. The van der Waals surface area contributed by atoms with E-state index in [0.29, 0.717) is 11.4 Å². The summed E-state index contributed by atoms with van der Waals surface area (Å²) in [5.41, 5.74) is 1.72. The summed E-state index contributed by atoms with van der Waals surface area (Å²) in [4.78, 5) is 27.4. The van der Waals surface area contributed by atoms with Gasteiger partial charge in [-0.05, 0) is 25.1 Å². The highest BCUT2D eigenvalue weighted by molar-refractivity contribution is 6.03. The maximum atomic E-state index is 12.5. The monoisotopic (exact) mass is 389 g/mol. The second kappa shape index (κ2) is 7.39. The van der Waals surface area contributed by atoms with Crippen molar-refractivity contribution >= 4 is 22.9 Å². The molecular formula is C20H15N5O4. The number of carbonyl (C=O) groups is 1. The number of aromatic nitrogens is 3. The number of nitro benzene ring substituents is 1. The Morgan fingerprint density at radius 3 is 2.66 bits per heavy atom. The number of nitrogens with one attached hydrogen (secondary N) is 1. The lowest BCUT2D eigenvalue weighted by molar-refractivity contribution is -0.384. The second-order valence-corrected chi connectivity index (χ2v) is 6.29. The first-order chi connectivity index (χ1) is 14.0. The first kappa shape index (κ1) is 18.1. The molecule has 1 amide bonds. The molecule has 144 valence electrons. The van der Waals surface area contributed by atoms with Crippen molar-refractivity contribution < 1.29 is 14.5 Å². The van der Waals surface area contributed by atoms with Gasteiger partial charge in [-0.3, -0.25) is 14.9 Å². The number of hydrogen-bond donors (Lipinski definition) is 1. The molecule has 0 spiro atoms. The Labute approximate surface area is 164 Å². The molecule has 0 aliphatic rings. The van der Waals surface area contributed by atoms with E-state index in [1.165, 1.54) is 28.8 Å². The first-order valence-electron chi connectivity index (χ1n) is 8.64. The van der Waals surface area contributed by atoms with E-state index in [2.05, 4.69) is 15.4 Å². The molecule has 2 aromatic heterocycles. The van der Waals surface area contributed by atoms with Gasteiger partial charge in [-0.1, -0.05) is 17.7 Å². The zero-order valence-corrected chi connectivity index (χ0v) is 15.3. The minimum Gasteiger partial charge on any atom is -0.457 e. The van der Waals surface area contributed by atoms with E-state index in [0.717, 1.165) is 5.56 Å². The van der Waals surface area contributed by atoms with Gasteiger partial charge in [0, 0.05) is 30.6 Å². The van der Waals surface area contributed by atoms with Crippen molar-refractivity contribution in [2.75, 3.05) is 5.32 Å². The van der Waals surface area contributed by atoms with Crippen molar-refractivity contribution in [2.24, 2.45) is 0 Å². The Morgan fingerprint density at radius 1 is 1.14 bits per heavy atom. The van der Waals surface area contributed by atoms with E-state index in [-0.39, 0.29) is 22.8 Å². The maximum absolute atomic E-state index is 12.5. The van der Waals surface area contributed by atoms with Crippen LogP contribution in [0.1, 0.15) is 16.1 Å². The predicted molar refractivity (Wildman–Crippen MR) is 105 cm³/mol. The fraction of sp³-hybridized carbons (Fsp3) is 0.0500. The number of hydrogen-bond acceptors (Lipinski definition) is 6. The van der Waals surface area contributed by atoms with E-state index >= 15 is 0 Å². The number of rotatable bonds is 5. The minimum absolute atomic E-state index is 0.135. The van der Waals surface area contributed by atoms with Crippen LogP contribution >= 0.6 is 0 Å². The normalized spacial score (nSPS) is 10.7. The molecule has 0 aliphatic carbocycles.